The van der Waals surface area contributed by atoms with Crippen LogP contribution < -0.4 is 0 Å². The van der Waals surface area contributed by atoms with Crippen LogP contribution in [0, 0.1) is 5.82 Å². The number of carbonyl (C=O) groups excluding carboxylic acids is 2. The summed E-state index contributed by atoms with van der Waals surface area (Å²) in [6, 6.07) is 3.92. The molecule has 166 valence electrons. The molecule has 0 radical (unpaired) electrons. The maximum atomic E-state index is 14.2. The first-order chi connectivity index (χ1) is 14.5. The van der Waals surface area contributed by atoms with Gasteiger partial charge in [0.05, 0.1) is 5.56 Å². The first-order valence-corrected chi connectivity index (χ1v) is 11.1. The van der Waals surface area contributed by atoms with Crippen molar-refractivity contribution in [2.24, 2.45) is 0 Å². The lowest BCUT2D eigenvalue weighted by Crippen LogP contribution is -2.53. The summed E-state index contributed by atoms with van der Waals surface area (Å²) in [6.07, 6.45) is 4.96. The van der Waals surface area contributed by atoms with E-state index in [0.717, 1.165) is 38.9 Å². The van der Waals surface area contributed by atoms with Crippen LogP contribution in [0.5, 0.6) is 0 Å². The average Bonchev–Trinajstić information content (AvgIpc) is 3.26. The predicted octanol–water partition coefficient (Wildman–Crippen LogP) is 3.04. The van der Waals surface area contributed by atoms with Crippen molar-refractivity contribution in [2.75, 3.05) is 53.0 Å². The summed E-state index contributed by atoms with van der Waals surface area (Å²) in [4.78, 5) is 31.6. The summed E-state index contributed by atoms with van der Waals surface area (Å²) in [5.41, 5.74) is -0.0213. The Labute approximate surface area is 182 Å². The lowest BCUT2D eigenvalue weighted by molar-refractivity contribution is -0.138. The minimum atomic E-state index is -0.579. The number of carbonyl (C=O) groups is 2. The summed E-state index contributed by atoms with van der Waals surface area (Å²) in [7, 11) is 1.51. The zero-order valence-electron chi connectivity index (χ0n) is 17.6. The molecule has 1 aromatic carbocycles. The molecule has 2 heterocycles. The molecule has 2 amide bonds. The van der Waals surface area contributed by atoms with E-state index in [0.29, 0.717) is 24.7 Å². The van der Waals surface area contributed by atoms with Gasteiger partial charge in [0.2, 0.25) is 5.91 Å². The van der Waals surface area contributed by atoms with E-state index in [1.807, 2.05) is 4.90 Å². The van der Waals surface area contributed by atoms with Crippen molar-refractivity contribution < 1.29 is 18.7 Å². The van der Waals surface area contributed by atoms with Gasteiger partial charge in [-0.3, -0.25) is 9.59 Å². The Kier molecular flexibility index (Phi) is 8.48. The number of nitrogens with zero attached hydrogens (tertiary/aromatic N) is 3. The summed E-state index contributed by atoms with van der Waals surface area (Å²) in [5.74, 6) is -1.02. The molecule has 8 heteroatoms. The van der Waals surface area contributed by atoms with Crippen LogP contribution in [-0.4, -0.2) is 85.5 Å². The molecule has 1 aromatic rings. The van der Waals surface area contributed by atoms with Crippen LogP contribution in [0.15, 0.2) is 18.2 Å². The van der Waals surface area contributed by atoms with Crippen molar-refractivity contribution in [1.82, 2.24) is 14.7 Å². The molecule has 0 bridgehead atoms. The molecule has 1 atom stereocenters. The third-order valence-electron chi connectivity index (χ3n) is 5.94. The van der Waals surface area contributed by atoms with Crippen LogP contribution in [0.25, 0.3) is 0 Å². The Balaban J connectivity index is 1.65. The number of likely N-dealkylation sites (tertiary alicyclic amines) is 2. The van der Waals surface area contributed by atoms with Gasteiger partial charge in [-0.15, -0.1) is 0 Å². The van der Waals surface area contributed by atoms with Gasteiger partial charge in [-0.25, -0.2) is 4.39 Å². The minimum Gasteiger partial charge on any atom is -0.375 e. The molecule has 0 aromatic heterocycles. The van der Waals surface area contributed by atoms with E-state index in [1.165, 1.54) is 38.2 Å². The molecular formula is C22H31ClFN3O3. The summed E-state index contributed by atoms with van der Waals surface area (Å²) >= 11 is 5.96. The molecule has 2 aliphatic heterocycles. The Morgan fingerprint density at radius 3 is 2.73 bits per heavy atom. The highest BCUT2D eigenvalue weighted by Crippen LogP contribution is 2.22. The number of halogens is 2. The topological polar surface area (TPSA) is 53.1 Å². The molecule has 2 fully saturated rings. The molecule has 6 nitrogen and oxygen atoms in total. The zero-order chi connectivity index (χ0) is 21.5. The number of piperidine rings is 1. The lowest BCUT2D eigenvalue weighted by atomic mass is 10.0. The molecule has 3 rings (SSSR count). The monoisotopic (exact) mass is 439 g/mol. The molecule has 1 unspecified atom stereocenters. The van der Waals surface area contributed by atoms with Gasteiger partial charge in [0, 0.05) is 37.8 Å². The van der Waals surface area contributed by atoms with Gasteiger partial charge in [0.25, 0.3) is 5.91 Å². The highest BCUT2D eigenvalue weighted by Gasteiger charge is 2.31. The van der Waals surface area contributed by atoms with Gasteiger partial charge in [-0.2, -0.15) is 0 Å². The fourth-order valence-electron chi connectivity index (χ4n) is 4.41. The fraction of sp³-hybridized carbons (Fsp3) is 0.636. The molecule has 0 N–H and O–H groups in total. The van der Waals surface area contributed by atoms with Crippen LogP contribution >= 0.6 is 11.6 Å². The smallest absolute Gasteiger partial charge is 0.256 e. The minimum absolute atomic E-state index is 0.0213. The molecule has 30 heavy (non-hydrogen) atoms. The predicted molar refractivity (Wildman–Crippen MR) is 114 cm³/mol. The van der Waals surface area contributed by atoms with Crippen molar-refractivity contribution in [1.29, 1.82) is 0 Å². The normalized spacial score (nSPS) is 19.8. The van der Waals surface area contributed by atoms with Crippen LogP contribution in [0.1, 0.15) is 42.5 Å². The number of ether oxygens (including phenoxy) is 1. The zero-order valence-corrected chi connectivity index (χ0v) is 18.4. The third-order valence-corrected chi connectivity index (χ3v) is 6.18. The Morgan fingerprint density at radius 2 is 2.00 bits per heavy atom. The average molecular weight is 440 g/mol. The number of hydrogen-bond donors (Lipinski definition) is 0. The van der Waals surface area contributed by atoms with Crippen molar-refractivity contribution in [3.05, 3.63) is 34.6 Å². The van der Waals surface area contributed by atoms with Gasteiger partial charge < -0.3 is 19.4 Å². The lowest BCUT2D eigenvalue weighted by Gasteiger charge is -2.39. The van der Waals surface area contributed by atoms with Gasteiger partial charge in [0.15, 0.2) is 0 Å². The van der Waals surface area contributed by atoms with Gasteiger partial charge in [-0.1, -0.05) is 11.6 Å². The Hall–Kier alpha value is -1.70. The number of benzene rings is 1. The number of amides is 2. The Morgan fingerprint density at radius 1 is 1.23 bits per heavy atom. The van der Waals surface area contributed by atoms with Crippen LogP contribution in [-0.2, 0) is 9.53 Å². The summed E-state index contributed by atoms with van der Waals surface area (Å²) in [5, 5.41) is 0.326. The second-order valence-corrected chi connectivity index (χ2v) is 8.53. The number of methoxy groups -OCH3 is 1. The SMILES string of the molecule is COCC(=O)N(CCCN1CCCC1)C1CCCN(C(=O)c2cc(Cl)ccc2F)C1. The molecule has 2 aliphatic rings. The molecule has 0 spiro atoms. The fourth-order valence-corrected chi connectivity index (χ4v) is 4.59. The quantitative estimate of drug-likeness (QED) is 0.624. The van der Waals surface area contributed by atoms with Crippen LogP contribution in [0.4, 0.5) is 4.39 Å². The Bertz CT molecular complexity index is 742. The van der Waals surface area contributed by atoms with Crippen molar-refractivity contribution in [3.8, 4) is 0 Å². The number of hydrogen-bond acceptors (Lipinski definition) is 4. The maximum absolute atomic E-state index is 14.2. The van der Waals surface area contributed by atoms with E-state index < -0.39 is 5.82 Å². The molecule has 2 saturated heterocycles. The van der Waals surface area contributed by atoms with E-state index in [9.17, 15) is 14.0 Å². The molecule has 0 aliphatic carbocycles. The highest BCUT2D eigenvalue weighted by atomic mass is 35.5. The van der Waals surface area contributed by atoms with Crippen molar-refractivity contribution in [2.45, 2.75) is 38.1 Å². The molecule has 0 saturated carbocycles. The van der Waals surface area contributed by atoms with E-state index >= 15 is 0 Å². The van der Waals surface area contributed by atoms with E-state index in [4.69, 9.17) is 16.3 Å². The van der Waals surface area contributed by atoms with E-state index in [-0.39, 0.29) is 30.0 Å². The highest BCUT2D eigenvalue weighted by molar-refractivity contribution is 6.31. The maximum Gasteiger partial charge on any atom is 0.256 e. The number of rotatable bonds is 8. The first-order valence-electron chi connectivity index (χ1n) is 10.7. The van der Waals surface area contributed by atoms with Crippen LogP contribution in [0.2, 0.25) is 5.02 Å². The second-order valence-electron chi connectivity index (χ2n) is 8.09. The van der Waals surface area contributed by atoms with Crippen molar-refractivity contribution >= 4 is 23.4 Å². The molecular weight excluding hydrogens is 409 g/mol. The van der Waals surface area contributed by atoms with E-state index in [1.54, 1.807) is 4.90 Å². The third kappa shape index (κ3) is 5.93. The van der Waals surface area contributed by atoms with Gasteiger partial charge >= 0.3 is 0 Å². The van der Waals surface area contributed by atoms with Crippen LogP contribution in [0.3, 0.4) is 0 Å². The second kappa shape index (κ2) is 11.1. The van der Waals surface area contributed by atoms with Crippen molar-refractivity contribution in [3.63, 3.8) is 0 Å². The van der Waals surface area contributed by atoms with Gasteiger partial charge in [0.1, 0.15) is 12.4 Å². The first kappa shape index (κ1) is 23.0. The standard InChI is InChI=1S/C22H31ClFN3O3/c1-30-16-21(28)27(13-5-11-25-9-2-3-10-25)18-6-4-12-26(15-18)22(29)19-14-17(23)7-8-20(19)24/h7-8,14,18H,2-6,9-13,15-16H2,1H3. The summed E-state index contributed by atoms with van der Waals surface area (Å²) in [6.45, 7) is 4.82. The summed E-state index contributed by atoms with van der Waals surface area (Å²) < 4.78 is 19.3. The largest absolute Gasteiger partial charge is 0.375 e. The van der Waals surface area contributed by atoms with E-state index in [2.05, 4.69) is 4.90 Å². The van der Waals surface area contributed by atoms with Gasteiger partial charge in [-0.05, 0) is 69.9 Å².